The van der Waals surface area contributed by atoms with E-state index >= 15 is 0 Å². The zero-order chi connectivity index (χ0) is 92.4. The first-order valence-corrected chi connectivity index (χ1v) is 39.2. The second-order valence-electron chi connectivity index (χ2n) is 27.0. The highest BCUT2D eigenvalue weighted by Crippen LogP contribution is 2.37. The summed E-state index contributed by atoms with van der Waals surface area (Å²) in [6.45, 7) is 62.1. The molecule has 0 fully saturated rings. The highest BCUT2D eigenvalue weighted by molar-refractivity contribution is 7.45. The molecule has 1 unspecified atom stereocenters. The summed E-state index contributed by atoms with van der Waals surface area (Å²) in [7, 11) is 11.8. The van der Waals surface area contributed by atoms with Gasteiger partial charge in [0.25, 0.3) is 7.82 Å². The van der Waals surface area contributed by atoms with Crippen LogP contribution in [0.4, 0.5) is 0 Å². The average molecular weight is 1680 g/mol. The molecular formula is C83H147N4O28P-2. The largest absolute Gasteiger partial charge is 0.756 e. The van der Waals surface area contributed by atoms with Gasteiger partial charge in [-0.25, -0.2) is 38.4 Å². The predicted octanol–water partition coefficient (Wildman–Crippen LogP) is 7.64. The summed E-state index contributed by atoms with van der Waals surface area (Å²) < 4.78 is 69.0. The molecule has 0 bridgehead atoms. The van der Waals surface area contributed by atoms with Crippen LogP contribution < -0.4 is 20.2 Å². The summed E-state index contributed by atoms with van der Waals surface area (Å²) in [4.78, 5) is 131. The topological polar surface area (TPSA) is 414 Å². The maximum atomic E-state index is 11.3. The minimum atomic E-state index is -4.34. The Hall–Kier alpha value is -8.56. The van der Waals surface area contributed by atoms with E-state index in [1.807, 2.05) is 40.1 Å². The van der Waals surface area contributed by atoms with E-state index in [-0.39, 0.29) is 78.4 Å². The lowest BCUT2D eigenvalue weighted by molar-refractivity contribution is -0.884. The molecule has 0 N–H and O–H groups in total. The molecule has 116 heavy (non-hydrogen) atoms. The van der Waals surface area contributed by atoms with E-state index in [9.17, 15) is 67.6 Å². The van der Waals surface area contributed by atoms with Gasteiger partial charge < -0.3 is 110 Å². The summed E-state index contributed by atoms with van der Waals surface area (Å²) in [5.41, 5.74) is 2.91. The van der Waals surface area contributed by atoms with Crippen molar-refractivity contribution in [1.82, 2.24) is 9.80 Å². The average Bonchev–Trinajstić information content (AvgIpc) is 0.927. The van der Waals surface area contributed by atoms with Crippen LogP contribution in [0.1, 0.15) is 160 Å². The number of methoxy groups -OCH3 is 2. The molecule has 674 valence electrons. The van der Waals surface area contributed by atoms with Crippen LogP contribution in [-0.2, 0) is 114 Å². The Kier molecular flexibility index (Phi) is 94.8. The molecule has 0 aromatic heterocycles. The number of quaternary nitrogens is 2. The van der Waals surface area contributed by atoms with Crippen LogP contribution >= 0.6 is 7.82 Å². The Morgan fingerprint density at radius 2 is 0.672 bits per heavy atom. The lowest BCUT2D eigenvalue weighted by Crippen LogP contribution is -2.50. The number of rotatable bonds is 51. The number of ether oxygens (including phenoxy) is 10. The predicted molar refractivity (Wildman–Crippen MR) is 443 cm³/mol. The van der Waals surface area contributed by atoms with E-state index in [1.165, 1.54) is 71.6 Å². The summed E-state index contributed by atoms with van der Waals surface area (Å²) in [6, 6.07) is 0. The maximum absolute atomic E-state index is 11.3. The maximum Gasteiger partial charge on any atom is 0.333 e. The van der Waals surface area contributed by atoms with E-state index in [2.05, 4.69) is 131 Å². The Balaban J connectivity index is -0.000000137. The van der Waals surface area contributed by atoms with Crippen molar-refractivity contribution >= 4 is 73.5 Å². The molecule has 0 aromatic rings. The van der Waals surface area contributed by atoms with Crippen LogP contribution in [0.2, 0.25) is 0 Å². The third-order valence-electron chi connectivity index (χ3n) is 13.0. The van der Waals surface area contributed by atoms with E-state index in [0.717, 1.165) is 57.6 Å². The van der Waals surface area contributed by atoms with Crippen molar-refractivity contribution in [3.63, 3.8) is 0 Å². The van der Waals surface area contributed by atoms with Crippen LogP contribution in [0.25, 0.3) is 0 Å². The van der Waals surface area contributed by atoms with Gasteiger partial charge in [-0.1, -0.05) is 158 Å². The molecule has 1 atom stereocenters. The fourth-order valence-corrected chi connectivity index (χ4v) is 6.80. The van der Waals surface area contributed by atoms with Crippen molar-refractivity contribution in [2.45, 2.75) is 160 Å². The third kappa shape index (κ3) is 116. The molecule has 0 aliphatic heterocycles. The van der Waals surface area contributed by atoms with Gasteiger partial charge in [-0.05, 0) is 107 Å². The smallest absolute Gasteiger partial charge is 0.333 e. The van der Waals surface area contributed by atoms with Gasteiger partial charge in [0, 0.05) is 72.4 Å². The first-order chi connectivity index (χ1) is 53.7. The molecule has 32 nitrogen and oxygen atoms in total. The molecule has 0 aliphatic carbocycles. The van der Waals surface area contributed by atoms with Crippen molar-refractivity contribution in [3.05, 3.63) is 123 Å². The minimum Gasteiger partial charge on any atom is -0.756 e. The fraction of sp³-hybridized carbons (Fsp3) is 0.627. The number of likely N-dealkylation sites (N-methyl/N-ethyl adjacent to an activating group) is 4. The van der Waals surface area contributed by atoms with Crippen molar-refractivity contribution < 1.29 is 143 Å². The summed E-state index contributed by atoms with van der Waals surface area (Å²) in [6.07, 6.45) is 16.8. The number of phosphoric acid groups is 1. The van der Waals surface area contributed by atoms with Gasteiger partial charge in [0.05, 0.1) is 86.2 Å². The zero-order valence-corrected chi connectivity index (χ0v) is 75.2. The molecule has 0 heterocycles. The Labute approximate surface area is 694 Å². The molecule has 0 aliphatic rings. The van der Waals surface area contributed by atoms with E-state index in [0.29, 0.717) is 104 Å². The number of unbranched alkanes of at least 4 members (excludes halogenated alkanes) is 10. The highest BCUT2D eigenvalue weighted by Gasteiger charge is 2.17. The van der Waals surface area contributed by atoms with Crippen LogP contribution in [0.15, 0.2) is 123 Å². The number of esters is 8. The molecule has 0 amide bonds. The lowest BCUT2D eigenvalue weighted by atomic mass is 10.1. The third-order valence-corrected chi connectivity index (χ3v) is 14.0. The molecule has 0 radical (unpaired) electrons. The van der Waals surface area contributed by atoms with Crippen molar-refractivity contribution in [2.75, 3.05) is 189 Å². The molecule has 0 spiro atoms. The molecule has 0 saturated heterocycles. The Bertz CT molecular complexity index is 2870. The Morgan fingerprint density at radius 3 is 0.966 bits per heavy atom. The van der Waals surface area contributed by atoms with Crippen LogP contribution in [0, 0.1) is 0 Å². The first kappa shape index (κ1) is 128. The van der Waals surface area contributed by atoms with Gasteiger partial charge in [-0.2, -0.15) is 0 Å². The van der Waals surface area contributed by atoms with Crippen molar-refractivity contribution in [2.24, 2.45) is 0 Å². The highest BCUT2D eigenvalue weighted by atomic mass is 31.2. The lowest BCUT2D eigenvalue weighted by Gasteiger charge is -2.29. The summed E-state index contributed by atoms with van der Waals surface area (Å²) in [5, 5.41) is 29.0. The number of carboxylic acid groups (broad SMARTS) is 3. The van der Waals surface area contributed by atoms with Gasteiger partial charge in [0.1, 0.15) is 65.9 Å². The number of carboxylic acids is 3. The Morgan fingerprint density at radius 1 is 0.379 bits per heavy atom. The fourth-order valence-electron chi connectivity index (χ4n) is 6.12. The SMILES string of the molecule is C=C(C)C(=O)OCCCC.C=C(C)C(=O)OCCCCCCCCCCCC.C=C(C)C(=O)OCCN(C)C.C=C(C)C(=O)OCCN(CC)CC.C=C(C)C(=O)OCCOC.C=C(C)C(=O)OCCOP(=O)([O-])OCC[N+](C)(C)C.C=C(C)C(=O)OCC[N+](C)(C)CC(=O)[O-].C=C(C)C(=O)[O-].C=CC(=O)OCCOC.C=CC(=O)[O-]. The molecule has 33 heteroatoms. The van der Waals surface area contributed by atoms with Crippen LogP contribution in [0.3, 0.4) is 0 Å². The van der Waals surface area contributed by atoms with Crippen molar-refractivity contribution in [1.29, 1.82) is 0 Å². The number of carbonyl (C=O) groups excluding carboxylic acids is 11. The number of aliphatic carboxylic acids is 3. The number of phosphoric ester groups is 1. The van der Waals surface area contributed by atoms with Gasteiger partial charge in [-0.15, -0.1) is 0 Å². The monoisotopic (exact) mass is 1680 g/mol. The second-order valence-corrected chi connectivity index (χ2v) is 28.5. The van der Waals surface area contributed by atoms with Crippen LogP contribution in [-0.4, -0.2) is 273 Å². The van der Waals surface area contributed by atoms with Gasteiger partial charge >= 0.3 is 47.8 Å². The van der Waals surface area contributed by atoms with E-state index in [4.69, 9.17) is 33.6 Å². The zero-order valence-electron chi connectivity index (χ0n) is 74.3. The summed E-state index contributed by atoms with van der Waals surface area (Å²) >= 11 is 0. The minimum absolute atomic E-state index is 0.0375. The standard InChI is InChI=1S/C16H30O2.C11H22NO6P.C10H17NO4.C10H19NO2.C8H15NO2.C8H14O2.C7H12O3.C6H10O3.C4H6O2.C3H4O2/c1-4-5-6-7-8-9-10-11-12-13-14-18-16(17)15(2)3;1-10(2)11(13)16-8-9-18-19(14,15)17-7-6-12(3,4)5;1-8(2)10(14)15-6-5-11(3,4)7-9(12)13;1-5-11(6-2)7-8-13-10(12)9(3)4;1-7(2)8(10)11-6-5-9(3)4;1-4-5-6-10-8(9)7(2)3;1-6(2)7(8)10-5-4-9-3;1-3-6(7)9-5-4-8-2;1-3(2)4(5)6;1-2-3(4)5/h2,4-14H2,1,3H3;1,6-9H2,2-5H3;1,5-7H2,2-4H3;3,5-8H2,1-2,4H3;1,5-6H2,2-4H3;2,4-6H2,1,3H3;1,4-5H2,2-3H3;3H,1,4-5H2,2H3;1H2,2H3,(H,5,6);2H,1H2,(H,4,5)/p-2. The van der Waals surface area contributed by atoms with E-state index in [1.54, 1.807) is 69.9 Å². The molecule has 0 rings (SSSR count). The van der Waals surface area contributed by atoms with Gasteiger partial charge in [0.2, 0.25) is 0 Å². The molecule has 0 saturated carbocycles. The first-order valence-electron chi connectivity index (χ1n) is 37.7. The van der Waals surface area contributed by atoms with E-state index < -0.39 is 43.6 Å². The number of hydrogen-bond acceptors (Lipinski definition) is 30. The normalized spacial score (nSPS) is 10.4. The molecular weight excluding hydrogens is 1530 g/mol. The molecule has 0 aromatic carbocycles. The van der Waals surface area contributed by atoms with Gasteiger partial charge in [0.15, 0.2) is 0 Å². The second kappa shape index (κ2) is 85.8. The number of nitrogens with zero attached hydrogens (tertiary/aromatic N) is 4. The number of carbonyl (C=O) groups is 11. The van der Waals surface area contributed by atoms with Crippen molar-refractivity contribution in [3.8, 4) is 0 Å². The van der Waals surface area contributed by atoms with Gasteiger partial charge in [-0.3, -0.25) is 4.57 Å². The van der Waals surface area contributed by atoms with Crippen LogP contribution in [0.5, 0.6) is 0 Å². The summed E-state index contributed by atoms with van der Waals surface area (Å²) in [5.74, 6) is -6.51. The quantitative estimate of drug-likeness (QED) is 0.0141. The number of hydrogen-bond donors (Lipinski definition) is 0.